The normalized spacial score (nSPS) is 10.3. The second kappa shape index (κ2) is 5.74. The maximum Gasteiger partial charge on any atom is 0.167 e. The number of hydrogen-bond donors (Lipinski definition) is 1. The molecule has 0 unspecified atom stereocenters. The molecule has 19 heavy (non-hydrogen) atoms. The lowest BCUT2D eigenvalue weighted by Gasteiger charge is -2.11. The van der Waals surface area contributed by atoms with E-state index in [1.807, 2.05) is 6.07 Å². The molecule has 0 aliphatic carbocycles. The third kappa shape index (κ3) is 3.25. The molecule has 2 rings (SSSR count). The van der Waals surface area contributed by atoms with Gasteiger partial charge in [0.1, 0.15) is 0 Å². The van der Waals surface area contributed by atoms with E-state index >= 15 is 0 Å². The number of anilines is 1. The number of hydrogen-bond acceptors (Lipinski definition) is 2. The summed E-state index contributed by atoms with van der Waals surface area (Å²) in [5, 5.41) is 3.22. The minimum atomic E-state index is -0.354. The Bertz CT molecular complexity index is 581. The summed E-state index contributed by atoms with van der Waals surface area (Å²) in [5.74, 6) is -0.0924. The van der Waals surface area contributed by atoms with Crippen molar-refractivity contribution in [3.8, 4) is 5.75 Å². The molecule has 0 aliphatic heterocycles. The highest BCUT2D eigenvalue weighted by atomic mass is 19.1. The topological polar surface area (TPSA) is 21.3 Å². The number of nitrogens with one attached hydrogen (secondary N) is 1. The van der Waals surface area contributed by atoms with E-state index in [0.29, 0.717) is 6.54 Å². The molecule has 0 saturated carbocycles. The van der Waals surface area contributed by atoms with Gasteiger partial charge in [-0.3, -0.25) is 0 Å². The first-order valence-electron chi connectivity index (χ1n) is 6.23. The van der Waals surface area contributed by atoms with Crippen LogP contribution in [0.1, 0.15) is 16.7 Å². The van der Waals surface area contributed by atoms with Crippen LogP contribution in [-0.4, -0.2) is 7.11 Å². The number of ether oxygens (including phenoxy) is 1. The molecule has 2 aromatic carbocycles. The summed E-state index contributed by atoms with van der Waals surface area (Å²) in [6, 6.07) is 11.2. The fourth-order valence-electron chi connectivity index (χ4n) is 2.02. The van der Waals surface area contributed by atoms with E-state index in [1.165, 1.54) is 29.9 Å². The fraction of sp³-hybridized carbons (Fsp3) is 0.250. The second-order valence-electron chi connectivity index (χ2n) is 4.63. The molecule has 0 bridgehead atoms. The smallest absolute Gasteiger partial charge is 0.167 e. The maximum absolute atomic E-state index is 13.5. The molecule has 0 amide bonds. The summed E-state index contributed by atoms with van der Waals surface area (Å²) < 4.78 is 18.4. The Morgan fingerprint density at radius 3 is 2.53 bits per heavy atom. The van der Waals surface area contributed by atoms with Gasteiger partial charge >= 0.3 is 0 Å². The lowest BCUT2D eigenvalue weighted by molar-refractivity contribution is 0.386. The minimum Gasteiger partial charge on any atom is -0.494 e. The third-order valence-corrected chi connectivity index (χ3v) is 3.13. The standard InChI is InChI=1S/C16H18FNO/c1-11-4-5-13(12(2)8-11)10-18-14-6-7-16(19-3)15(17)9-14/h4-9,18H,10H2,1-3H3. The van der Waals surface area contributed by atoms with Crippen LogP contribution in [0.2, 0.25) is 0 Å². The molecule has 0 aliphatic rings. The Balaban J connectivity index is 2.08. The quantitative estimate of drug-likeness (QED) is 0.894. The molecule has 0 radical (unpaired) electrons. The van der Waals surface area contributed by atoms with E-state index < -0.39 is 0 Å². The number of halogens is 1. The van der Waals surface area contributed by atoms with Crippen molar-refractivity contribution in [2.24, 2.45) is 0 Å². The van der Waals surface area contributed by atoms with Gasteiger partial charge in [-0.2, -0.15) is 0 Å². The van der Waals surface area contributed by atoms with Crippen molar-refractivity contribution in [1.29, 1.82) is 0 Å². The molecule has 2 nitrogen and oxygen atoms in total. The number of rotatable bonds is 4. The van der Waals surface area contributed by atoms with E-state index in [0.717, 1.165) is 5.69 Å². The molecule has 2 aromatic rings. The molecule has 0 aromatic heterocycles. The van der Waals surface area contributed by atoms with Crippen LogP contribution in [0.4, 0.5) is 10.1 Å². The van der Waals surface area contributed by atoms with Crippen LogP contribution in [0, 0.1) is 19.7 Å². The molecule has 0 spiro atoms. The van der Waals surface area contributed by atoms with E-state index in [9.17, 15) is 4.39 Å². The SMILES string of the molecule is COc1ccc(NCc2ccc(C)cc2C)cc1F. The van der Waals surface area contributed by atoms with Gasteiger partial charge in [-0.05, 0) is 37.1 Å². The van der Waals surface area contributed by atoms with Crippen molar-refractivity contribution >= 4 is 5.69 Å². The Kier molecular flexibility index (Phi) is 4.05. The van der Waals surface area contributed by atoms with Gasteiger partial charge in [-0.25, -0.2) is 4.39 Å². The third-order valence-electron chi connectivity index (χ3n) is 3.13. The second-order valence-corrected chi connectivity index (χ2v) is 4.63. The summed E-state index contributed by atoms with van der Waals surface area (Å²) in [7, 11) is 1.46. The van der Waals surface area contributed by atoms with Crippen molar-refractivity contribution in [2.75, 3.05) is 12.4 Å². The van der Waals surface area contributed by atoms with Crippen LogP contribution in [0.25, 0.3) is 0 Å². The van der Waals surface area contributed by atoms with Crippen LogP contribution in [0.15, 0.2) is 36.4 Å². The lowest BCUT2D eigenvalue weighted by Crippen LogP contribution is -2.02. The molecular weight excluding hydrogens is 241 g/mol. The van der Waals surface area contributed by atoms with Gasteiger partial charge in [0.05, 0.1) is 7.11 Å². The first-order chi connectivity index (χ1) is 9.10. The first-order valence-corrected chi connectivity index (χ1v) is 6.23. The van der Waals surface area contributed by atoms with Crippen LogP contribution in [0.5, 0.6) is 5.75 Å². The van der Waals surface area contributed by atoms with E-state index in [2.05, 4.69) is 37.4 Å². The highest BCUT2D eigenvalue weighted by Crippen LogP contribution is 2.21. The molecule has 0 saturated heterocycles. The lowest BCUT2D eigenvalue weighted by atomic mass is 10.1. The van der Waals surface area contributed by atoms with Gasteiger partial charge in [0, 0.05) is 18.3 Å². The van der Waals surface area contributed by atoms with Crippen LogP contribution < -0.4 is 10.1 Å². The van der Waals surface area contributed by atoms with Gasteiger partial charge in [-0.1, -0.05) is 23.8 Å². The Hall–Kier alpha value is -2.03. The van der Waals surface area contributed by atoms with Gasteiger partial charge in [-0.15, -0.1) is 0 Å². The van der Waals surface area contributed by atoms with E-state index in [-0.39, 0.29) is 11.6 Å². The van der Waals surface area contributed by atoms with Gasteiger partial charge in [0.2, 0.25) is 0 Å². The highest BCUT2D eigenvalue weighted by molar-refractivity contribution is 5.48. The van der Waals surface area contributed by atoms with Crippen molar-refractivity contribution in [3.63, 3.8) is 0 Å². The van der Waals surface area contributed by atoms with Crippen molar-refractivity contribution in [3.05, 3.63) is 58.9 Å². The summed E-state index contributed by atoms with van der Waals surface area (Å²) in [6.07, 6.45) is 0. The van der Waals surface area contributed by atoms with Crippen molar-refractivity contribution in [1.82, 2.24) is 0 Å². The molecule has 1 N–H and O–H groups in total. The number of aryl methyl sites for hydroxylation is 2. The predicted octanol–water partition coefficient (Wildman–Crippen LogP) is 4.06. The molecule has 0 atom stereocenters. The molecule has 0 fully saturated rings. The average molecular weight is 259 g/mol. The van der Waals surface area contributed by atoms with Crippen LogP contribution >= 0.6 is 0 Å². The monoisotopic (exact) mass is 259 g/mol. The van der Waals surface area contributed by atoms with Crippen LogP contribution in [-0.2, 0) is 6.54 Å². The summed E-state index contributed by atoms with van der Waals surface area (Å²) in [4.78, 5) is 0. The molecular formula is C16H18FNO. The van der Waals surface area contributed by atoms with E-state index in [4.69, 9.17) is 4.74 Å². The van der Waals surface area contributed by atoms with Gasteiger partial charge < -0.3 is 10.1 Å². The van der Waals surface area contributed by atoms with Crippen molar-refractivity contribution in [2.45, 2.75) is 20.4 Å². The van der Waals surface area contributed by atoms with Gasteiger partial charge in [0.25, 0.3) is 0 Å². The zero-order valence-electron chi connectivity index (χ0n) is 11.5. The molecule has 0 heterocycles. The summed E-state index contributed by atoms with van der Waals surface area (Å²) in [5.41, 5.74) is 4.44. The van der Waals surface area contributed by atoms with Crippen molar-refractivity contribution < 1.29 is 9.13 Å². The first kappa shape index (κ1) is 13.4. The Labute approximate surface area is 113 Å². The van der Waals surface area contributed by atoms with E-state index in [1.54, 1.807) is 6.07 Å². The average Bonchev–Trinajstić information content (AvgIpc) is 2.38. The molecule has 100 valence electrons. The zero-order chi connectivity index (χ0) is 13.8. The maximum atomic E-state index is 13.5. The minimum absolute atomic E-state index is 0.261. The Morgan fingerprint density at radius 1 is 1.11 bits per heavy atom. The predicted molar refractivity (Wildman–Crippen MR) is 76.2 cm³/mol. The Morgan fingerprint density at radius 2 is 1.89 bits per heavy atom. The highest BCUT2D eigenvalue weighted by Gasteiger charge is 2.04. The zero-order valence-corrected chi connectivity index (χ0v) is 11.5. The van der Waals surface area contributed by atoms with Crippen LogP contribution in [0.3, 0.4) is 0 Å². The van der Waals surface area contributed by atoms with Gasteiger partial charge in [0.15, 0.2) is 11.6 Å². The number of methoxy groups -OCH3 is 1. The summed E-state index contributed by atoms with van der Waals surface area (Å²) in [6.45, 7) is 4.83. The largest absolute Gasteiger partial charge is 0.494 e. The molecule has 3 heteroatoms. The number of benzene rings is 2. The fourth-order valence-corrected chi connectivity index (χ4v) is 2.02. The summed E-state index contributed by atoms with van der Waals surface area (Å²) >= 11 is 0.